The monoisotopic (exact) mass is 290 g/mol. The summed E-state index contributed by atoms with van der Waals surface area (Å²) >= 11 is 0. The first-order valence-corrected chi connectivity index (χ1v) is 6.59. The van der Waals surface area contributed by atoms with E-state index in [9.17, 15) is 0 Å². The lowest BCUT2D eigenvalue weighted by Crippen LogP contribution is -2.14. The number of aromatic nitrogens is 2. The van der Waals surface area contributed by atoms with E-state index in [0.29, 0.717) is 36.8 Å². The quantitative estimate of drug-likeness (QED) is 0.348. The number of benzene rings is 1. The highest BCUT2D eigenvalue weighted by Gasteiger charge is 2.09. The van der Waals surface area contributed by atoms with E-state index < -0.39 is 0 Å². The Morgan fingerprint density at radius 1 is 1.38 bits per heavy atom. The van der Waals surface area contributed by atoms with Crippen LogP contribution in [0.1, 0.15) is 12.5 Å². The molecule has 0 bridgehead atoms. The van der Waals surface area contributed by atoms with E-state index in [1.807, 2.05) is 19.2 Å². The van der Waals surface area contributed by atoms with E-state index in [1.165, 1.54) is 0 Å². The van der Waals surface area contributed by atoms with Crippen molar-refractivity contribution in [3.63, 3.8) is 0 Å². The zero-order chi connectivity index (χ0) is 15.1. The molecule has 0 amide bonds. The molecule has 0 aliphatic heterocycles. The molecule has 0 saturated heterocycles. The third-order valence-corrected chi connectivity index (χ3v) is 2.78. The smallest absolute Gasteiger partial charge is 0.170 e. The number of oxime groups is 1. The Kier molecular flexibility index (Phi) is 5.03. The normalized spacial score (nSPS) is 11.4. The van der Waals surface area contributed by atoms with Gasteiger partial charge in [0.05, 0.1) is 13.2 Å². The van der Waals surface area contributed by atoms with Crippen LogP contribution in [0.3, 0.4) is 0 Å². The van der Waals surface area contributed by atoms with Crippen molar-refractivity contribution in [2.24, 2.45) is 10.9 Å². The molecule has 7 heteroatoms. The minimum Gasteiger partial charge on any atom is -0.490 e. The Balaban J connectivity index is 2.06. The molecule has 0 radical (unpaired) electrons. The van der Waals surface area contributed by atoms with Crippen LogP contribution in [0, 0.1) is 0 Å². The molecule has 7 nitrogen and oxygen atoms in total. The number of amidine groups is 1. The second-order valence-electron chi connectivity index (χ2n) is 4.20. The van der Waals surface area contributed by atoms with Gasteiger partial charge in [0.25, 0.3) is 0 Å². The molecule has 1 aromatic heterocycles. The Labute approximate surface area is 122 Å². The van der Waals surface area contributed by atoms with Crippen LogP contribution in [0.15, 0.2) is 41.8 Å². The van der Waals surface area contributed by atoms with E-state index in [-0.39, 0.29) is 5.84 Å². The van der Waals surface area contributed by atoms with Crippen molar-refractivity contribution in [1.82, 2.24) is 9.78 Å². The van der Waals surface area contributed by atoms with Gasteiger partial charge in [-0.25, -0.2) is 0 Å². The van der Waals surface area contributed by atoms with E-state index in [1.54, 1.807) is 29.1 Å². The van der Waals surface area contributed by atoms with Crippen molar-refractivity contribution in [2.75, 3.05) is 13.2 Å². The van der Waals surface area contributed by atoms with Crippen molar-refractivity contribution >= 4 is 5.84 Å². The van der Waals surface area contributed by atoms with Gasteiger partial charge in [-0.1, -0.05) is 5.16 Å². The fourth-order valence-corrected chi connectivity index (χ4v) is 1.79. The fourth-order valence-electron chi connectivity index (χ4n) is 1.79. The summed E-state index contributed by atoms with van der Waals surface area (Å²) in [5, 5.41) is 15.8. The molecule has 0 aliphatic carbocycles. The maximum atomic E-state index is 8.71. The van der Waals surface area contributed by atoms with Gasteiger partial charge in [-0.2, -0.15) is 5.10 Å². The highest BCUT2D eigenvalue weighted by Crippen LogP contribution is 2.28. The van der Waals surface area contributed by atoms with Crippen LogP contribution in [0.4, 0.5) is 0 Å². The summed E-state index contributed by atoms with van der Waals surface area (Å²) in [7, 11) is 0. The van der Waals surface area contributed by atoms with E-state index >= 15 is 0 Å². The molecule has 0 aliphatic rings. The van der Waals surface area contributed by atoms with Gasteiger partial charge in [0.2, 0.25) is 0 Å². The van der Waals surface area contributed by atoms with Gasteiger partial charge < -0.3 is 20.4 Å². The molecule has 2 aromatic rings. The number of rotatable bonds is 7. The van der Waals surface area contributed by atoms with E-state index in [0.717, 1.165) is 0 Å². The fraction of sp³-hybridized carbons (Fsp3) is 0.286. The predicted molar refractivity (Wildman–Crippen MR) is 77.8 cm³/mol. The number of nitrogens with two attached hydrogens (primary N) is 1. The number of hydrogen-bond acceptors (Lipinski definition) is 5. The lowest BCUT2D eigenvalue weighted by atomic mass is 10.2. The zero-order valence-corrected chi connectivity index (χ0v) is 11.8. The summed E-state index contributed by atoms with van der Waals surface area (Å²) in [5.74, 6) is 1.19. The third kappa shape index (κ3) is 3.88. The summed E-state index contributed by atoms with van der Waals surface area (Å²) in [6.07, 6.45) is 3.59. The molecule has 112 valence electrons. The number of nitrogens with zero attached hydrogens (tertiary/aromatic N) is 3. The first-order chi connectivity index (χ1) is 10.2. The van der Waals surface area contributed by atoms with Gasteiger partial charge in [0.1, 0.15) is 6.61 Å². The van der Waals surface area contributed by atoms with Crippen LogP contribution in [0.2, 0.25) is 0 Å². The van der Waals surface area contributed by atoms with Crippen molar-refractivity contribution in [3.8, 4) is 11.5 Å². The molecule has 0 saturated carbocycles. The second-order valence-corrected chi connectivity index (χ2v) is 4.20. The maximum absolute atomic E-state index is 8.71. The minimum atomic E-state index is 0.0269. The minimum absolute atomic E-state index is 0.0269. The van der Waals surface area contributed by atoms with Gasteiger partial charge in [0, 0.05) is 18.0 Å². The summed E-state index contributed by atoms with van der Waals surface area (Å²) in [6.45, 7) is 3.48. The standard InChI is InChI=1S/C14H18N4O3/c1-2-20-13-10-11(14(15)17-19)4-5-12(13)21-9-8-18-7-3-6-16-18/h3-7,10,19H,2,8-9H2,1H3,(H2,15,17). The third-order valence-electron chi connectivity index (χ3n) is 2.78. The molecule has 0 spiro atoms. The SMILES string of the molecule is CCOc1cc(C(N)=NO)ccc1OCCn1cccn1. The molecular formula is C14H18N4O3. The van der Waals surface area contributed by atoms with Crippen LogP contribution in [0.25, 0.3) is 0 Å². The molecule has 1 aromatic carbocycles. The summed E-state index contributed by atoms with van der Waals surface area (Å²) in [4.78, 5) is 0. The van der Waals surface area contributed by atoms with Crippen LogP contribution >= 0.6 is 0 Å². The van der Waals surface area contributed by atoms with Crippen molar-refractivity contribution in [3.05, 3.63) is 42.2 Å². The van der Waals surface area contributed by atoms with E-state index in [4.69, 9.17) is 20.4 Å². The maximum Gasteiger partial charge on any atom is 0.170 e. The molecular weight excluding hydrogens is 272 g/mol. The van der Waals surface area contributed by atoms with Crippen LogP contribution < -0.4 is 15.2 Å². The summed E-state index contributed by atoms with van der Waals surface area (Å²) < 4.78 is 13.0. The van der Waals surface area contributed by atoms with Crippen LogP contribution in [-0.2, 0) is 6.54 Å². The van der Waals surface area contributed by atoms with E-state index in [2.05, 4.69) is 10.3 Å². The highest BCUT2D eigenvalue weighted by atomic mass is 16.5. The molecule has 21 heavy (non-hydrogen) atoms. The molecule has 0 fully saturated rings. The topological polar surface area (TPSA) is 94.9 Å². The first kappa shape index (κ1) is 14.7. The Morgan fingerprint density at radius 2 is 2.24 bits per heavy atom. The van der Waals surface area contributed by atoms with Crippen LogP contribution in [-0.4, -0.2) is 34.0 Å². The van der Waals surface area contributed by atoms with Gasteiger partial charge in [0.15, 0.2) is 17.3 Å². The molecule has 0 unspecified atom stereocenters. The van der Waals surface area contributed by atoms with Gasteiger partial charge in [-0.15, -0.1) is 0 Å². The molecule has 0 atom stereocenters. The average molecular weight is 290 g/mol. The van der Waals surface area contributed by atoms with Gasteiger partial charge in [-0.3, -0.25) is 4.68 Å². The Morgan fingerprint density at radius 3 is 2.90 bits per heavy atom. The highest BCUT2D eigenvalue weighted by molar-refractivity contribution is 5.97. The van der Waals surface area contributed by atoms with Crippen molar-refractivity contribution < 1.29 is 14.7 Å². The zero-order valence-electron chi connectivity index (χ0n) is 11.8. The van der Waals surface area contributed by atoms with Gasteiger partial charge >= 0.3 is 0 Å². The van der Waals surface area contributed by atoms with Gasteiger partial charge in [-0.05, 0) is 31.2 Å². The summed E-state index contributed by atoms with van der Waals surface area (Å²) in [6, 6.07) is 6.99. The number of hydrogen-bond donors (Lipinski definition) is 2. The number of ether oxygens (including phenoxy) is 2. The molecule has 3 N–H and O–H groups in total. The van der Waals surface area contributed by atoms with Crippen LogP contribution in [0.5, 0.6) is 11.5 Å². The first-order valence-electron chi connectivity index (χ1n) is 6.59. The Hall–Kier alpha value is -2.70. The second kappa shape index (κ2) is 7.18. The lowest BCUT2D eigenvalue weighted by molar-refractivity contribution is 0.262. The van der Waals surface area contributed by atoms with Crippen molar-refractivity contribution in [2.45, 2.75) is 13.5 Å². The molecule has 1 heterocycles. The largest absolute Gasteiger partial charge is 0.490 e. The van der Waals surface area contributed by atoms with Crippen molar-refractivity contribution in [1.29, 1.82) is 0 Å². The molecule has 2 rings (SSSR count). The predicted octanol–water partition coefficient (Wildman–Crippen LogP) is 1.46. The Bertz CT molecular complexity index is 596. The lowest BCUT2D eigenvalue weighted by Gasteiger charge is -2.13. The summed E-state index contributed by atoms with van der Waals surface area (Å²) in [5.41, 5.74) is 6.14. The average Bonchev–Trinajstić information content (AvgIpc) is 3.01.